The van der Waals surface area contributed by atoms with Crippen molar-refractivity contribution in [2.24, 2.45) is 0 Å². The fraction of sp³-hybridized carbons (Fsp3) is 0.682. The maximum Gasteiger partial charge on any atom is 0.248 e. The van der Waals surface area contributed by atoms with E-state index in [-0.39, 0.29) is 30.5 Å². The van der Waals surface area contributed by atoms with Crippen LogP contribution in [0, 0.1) is 5.82 Å². The van der Waals surface area contributed by atoms with Crippen LogP contribution in [0.5, 0.6) is 5.75 Å². The van der Waals surface area contributed by atoms with Crippen molar-refractivity contribution in [1.29, 1.82) is 0 Å². The zero-order chi connectivity index (χ0) is 20.8. The fourth-order valence-electron chi connectivity index (χ4n) is 4.38. The first kappa shape index (κ1) is 21.5. The zero-order valence-electron chi connectivity index (χ0n) is 17.5. The van der Waals surface area contributed by atoms with Crippen LogP contribution in [0.3, 0.4) is 0 Å². The third-order valence-electron chi connectivity index (χ3n) is 6.25. The van der Waals surface area contributed by atoms with Crippen molar-refractivity contribution in [3.63, 3.8) is 0 Å². The maximum atomic E-state index is 13.0. The first-order chi connectivity index (χ1) is 14.7. The summed E-state index contributed by atoms with van der Waals surface area (Å²) in [6.07, 6.45) is 1.84. The van der Waals surface area contributed by atoms with Crippen molar-refractivity contribution in [2.75, 3.05) is 72.2 Å². The van der Waals surface area contributed by atoms with Crippen LogP contribution in [0.25, 0.3) is 0 Å². The van der Waals surface area contributed by atoms with Crippen molar-refractivity contribution in [3.05, 3.63) is 30.1 Å². The molecule has 0 N–H and O–H groups in total. The van der Waals surface area contributed by atoms with Gasteiger partial charge in [0.15, 0.2) is 0 Å². The van der Waals surface area contributed by atoms with Crippen LogP contribution in [0.1, 0.15) is 12.8 Å². The number of morpholine rings is 2. The molecule has 3 aliphatic heterocycles. The first-order valence-corrected chi connectivity index (χ1v) is 11.0. The van der Waals surface area contributed by atoms with Gasteiger partial charge in [0.05, 0.1) is 19.8 Å². The summed E-state index contributed by atoms with van der Waals surface area (Å²) in [5.41, 5.74) is 0. The van der Waals surface area contributed by atoms with Gasteiger partial charge in [0, 0.05) is 45.3 Å². The van der Waals surface area contributed by atoms with Gasteiger partial charge in [-0.2, -0.15) is 0 Å². The second-order valence-corrected chi connectivity index (χ2v) is 8.27. The van der Waals surface area contributed by atoms with Crippen LogP contribution in [-0.4, -0.2) is 105 Å². The molecular formula is C22H32FN3O4. The van der Waals surface area contributed by atoms with E-state index in [1.807, 2.05) is 4.90 Å². The average molecular weight is 422 g/mol. The minimum Gasteiger partial charge on any atom is -0.491 e. The Balaban J connectivity index is 1.20. The molecule has 1 atom stereocenters. The van der Waals surface area contributed by atoms with Crippen LogP contribution in [0.15, 0.2) is 24.3 Å². The van der Waals surface area contributed by atoms with E-state index in [0.717, 1.165) is 65.3 Å². The van der Waals surface area contributed by atoms with Crippen LogP contribution >= 0.6 is 0 Å². The van der Waals surface area contributed by atoms with Gasteiger partial charge >= 0.3 is 0 Å². The molecule has 166 valence electrons. The topological polar surface area (TPSA) is 54.5 Å². The molecule has 30 heavy (non-hydrogen) atoms. The van der Waals surface area contributed by atoms with Gasteiger partial charge in [0.2, 0.25) is 5.91 Å². The Morgan fingerprint density at radius 2 is 1.67 bits per heavy atom. The van der Waals surface area contributed by atoms with Crippen molar-refractivity contribution in [3.8, 4) is 5.75 Å². The zero-order valence-corrected chi connectivity index (χ0v) is 17.5. The molecular weight excluding hydrogens is 389 g/mol. The lowest BCUT2D eigenvalue weighted by molar-refractivity contribution is -0.155. The Kier molecular flexibility index (Phi) is 7.54. The molecule has 3 heterocycles. The lowest BCUT2D eigenvalue weighted by Gasteiger charge is -2.42. The normalized spacial score (nSPS) is 24.9. The SMILES string of the molecule is O=C1CO[C@H](COc2ccc(F)cc2)CN1C1CCN(CCN2CCOCC2)CC1. The number of carbonyl (C=O) groups excluding carboxylic acids is 1. The monoisotopic (exact) mass is 421 g/mol. The molecule has 1 aromatic rings. The number of likely N-dealkylation sites (tertiary alicyclic amines) is 1. The fourth-order valence-corrected chi connectivity index (χ4v) is 4.38. The number of benzene rings is 1. The van der Waals surface area contributed by atoms with Gasteiger partial charge in [-0.1, -0.05) is 0 Å². The molecule has 0 bridgehead atoms. The highest BCUT2D eigenvalue weighted by atomic mass is 19.1. The van der Waals surface area contributed by atoms with Gasteiger partial charge < -0.3 is 24.0 Å². The van der Waals surface area contributed by atoms with E-state index in [4.69, 9.17) is 14.2 Å². The predicted molar refractivity (Wildman–Crippen MR) is 110 cm³/mol. The van der Waals surface area contributed by atoms with Crippen molar-refractivity contribution in [1.82, 2.24) is 14.7 Å². The number of hydrogen-bond acceptors (Lipinski definition) is 6. The Morgan fingerprint density at radius 3 is 2.37 bits per heavy atom. The minimum atomic E-state index is -0.288. The molecule has 7 nitrogen and oxygen atoms in total. The van der Waals surface area contributed by atoms with Crippen molar-refractivity contribution in [2.45, 2.75) is 25.0 Å². The number of hydrogen-bond donors (Lipinski definition) is 0. The highest BCUT2D eigenvalue weighted by Crippen LogP contribution is 2.21. The largest absolute Gasteiger partial charge is 0.491 e. The van der Waals surface area contributed by atoms with E-state index in [1.54, 1.807) is 12.1 Å². The summed E-state index contributed by atoms with van der Waals surface area (Å²) >= 11 is 0. The Morgan fingerprint density at radius 1 is 1.00 bits per heavy atom. The molecule has 3 saturated heterocycles. The molecule has 4 rings (SSSR count). The Hall–Kier alpha value is -1.74. The van der Waals surface area contributed by atoms with E-state index in [2.05, 4.69) is 9.80 Å². The first-order valence-electron chi connectivity index (χ1n) is 11.0. The third-order valence-corrected chi connectivity index (χ3v) is 6.25. The van der Waals surface area contributed by atoms with Crippen molar-refractivity contribution >= 4 is 5.91 Å². The van der Waals surface area contributed by atoms with E-state index in [0.29, 0.717) is 18.9 Å². The lowest BCUT2D eigenvalue weighted by atomic mass is 10.0. The number of rotatable bonds is 7. The molecule has 0 aliphatic carbocycles. The lowest BCUT2D eigenvalue weighted by Crippen LogP contribution is -2.55. The van der Waals surface area contributed by atoms with Gasteiger partial charge in [0.1, 0.15) is 30.9 Å². The molecule has 8 heteroatoms. The van der Waals surface area contributed by atoms with E-state index >= 15 is 0 Å². The van der Waals surface area contributed by atoms with Gasteiger partial charge in [0.25, 0.3) is 0 Å². The summed E-state index contributed by atoms with van der Waals surface area (Å²) in [5, 5.41) is 0. The average Bonchev–Trinajstić information content (AvgIpc) is 2.79. The second-order valence-electron chi connectivity index (χ2n) is 8.27. The number of piperidine rings is 1. The van der Waals surface area contributed by atoms with Crippen LogP contribution in [-0.2, 0) is 14.3 Å². The van der Waals surface area contributed by atoms with Gasteiger partial charge in [-0.3, -0.25) is 9.69 Å². The number of carbonyl (C=O) groups is 1. The number of amides is 1. The van der Waals surface area contributed by atoms with Crippen LogP contribution in [0.2, 0.25) is 0 Å². The molecule has 0 spiro atoms. The summed E-state index contributed by atoms with van der Waals surface area (Å²) in [7, 11) is 0. The van der Waals surface area contributed by atoms with Gasteiger partial charge in [-0.25, -0.2) is 4.39 Å². The smallest absolute Gasteiger partial charge is 0.248 e. The number of nitrogens with zero attached hydrogens (tertiary/aromatic N) is 3. The highest BCUT2D eigenvalue weighted by molar-refractivity contribution is 5.78. The maximum absolute atomic E-state index is 13.0. The molecule has 1 amide bonds. The van der Waals surface area contributed by atoms with Crippen LogP contribution < -0.4 is 4.74 Å². The van der Waals surface area contributed by atoms with E-state index in [1.165, 1.54) is 12.1 Å². The summed E-state index contributed by atoms with van der Waals surface area (Å²) < 4.78 is 29.8. The van der Waals surface area contributed by atoms with Gasteiger partial charge in [-0.05, 0) is 37.1 Å². The molecule has 0 unspecified atom stereocenters. The summed E-state index contributed by atoms with van der Waals surface area (Å²) in [5.74, 6) is 0.390. The predicted octanol–water partition coefficient (Wildman–Crippen LogP) is 1.23. The molecule has 0 radical (unpaired) electrons. The molecule has 0 aromatic heterocycles. The van der Waals surface area contributed by atoms with Crippen LogP contribution in [0.4, 0.5) is 4.39 Å². The van der Waals surface area contributed by atoms with Gasteiger partial charge in [-0.15, -0.1) is 0 Å². The quantitative estimate of drug-likeness (QED) is 0.660. The highest BCUT2D eigenvalue weighted by Gasteiger charge is 2.33. The molecule has 1 aromatic carbocycles. The molecule has 3 aliphatic rings. The minimum absolute atomic E-state index is 0.0693. The van der Waals surface area contributed by atoms with E-state index in [9.17, 15) is 9.18 Å². The number of halogens is 1. The van der Waals surface area contributed by atoms with Crippen molar-refractivity contribution < 1.29 is 23.4 Å². The number of ether oxygens (including phenoxy) is 3. The molecule has 0 saturated carbocycles. The summed E-state index contributed by atoms with van der Waals surface area (Å²) in [6, 6.07) is 6.23. The summed E-state index contributed by atoms with van der Waals surface area (Å²) in [4.78, 5) is 19.4. The second kappa shape index (κ2) is 10.5. The molecule has 3 fully saturated rings. The standard InChI is InChI=1S/C22H32FN3O4/c23-18-1-3-20(4-2-18)29-16-21-15-26(22(27)17-30-21)19-5-7-24(8-6-19)9-10-25-11-13-28-14-12-25/h1-4,19,21H,5-17H2/t21-/m0/s1. The third kappa shape index (κ3) is 5.91. The Labute approximate surface area is 177 Å². The Bertz CT molecular complexity index is 675. The van der Waals surface area contributed by atoms with E-state index < -0.39 is 0 Å². The summed E-state index contributed by atoms with van der Waals surface area (Å²) in [6.45, 7) is 8.97.